The number of anilines is 1. The quantitative estimate of drug-likeness (QED) is 0.556. The molecule has 0 amide bonds. The van der Waals surface area contributed by atoms with Gasteiger partial charge in [0.15, 0.2) is 11.2 Å². The molecule has 4 rings (SSSR count). The van der Waals surface area contributed by atoms with Crippen molar-refractivity contribution in [3.05, 3.63) is 86.6 Å². The number of hydrogen-bond acceptors (Lipinski definition) is 5. The van der Waals surface area contributed by atoms with Gasteiger partial charge in [0, 0.05) is 33.0 Å². The summed E-state index contributed by atoms with van der Waals surface area (Å²) in [5, 5.41) is 3.22. The lowest BCUT2D eigenvalue weighted by Gasteiger charge is -2.11. The third-order valence-corrected chi connectivity index (χ3v) is 4.78. The Kier molecular flexibility index (Phi) is 4.71. The zero-order valence-corrected chi connectivity index (χ0v) is 16.0. The van der Waals surface area contributed by atoms with Gasteiger partial charge in [0.2, 0.25) is 5.95 Å². The molecule has 3 aromatic heterocycles. The molecule has 0 radical (unpaired) electrons. The van der Waals surface area contributed by atoms with Gasteiger partial charge < -0.3 is 5.32 Å². The SMILES string of the molecule is Cn1c(=O)c2c(nc(NCc3cccnc3)n2Cc2ccc(F)cc2)n(C)c1=O. The van der Waals surface area contributed by atoms with Crippen LogP contribution in [0.15, 0.2) is 58.4 Å². The third kappa shape index (κ3) is 3.42. The number of pyridine rings is 1. The Morgan fingerprint density at radius 1 is 1.03 bits per heavy atom. The van der Waals surface area contributed by atoms with Gasteiger partial charge >= 0.3 is 5.69 Å². The zero-order valence-electron chi connectivity index (χ0n) is 16.0. The molecule has 0 saturated heterocycles. The number of halogens is 1. The van der Waals surface area contributed by atoms with E-state index >= 15 is 0 Å². The van der Waals surface area contributed by atoms with E-state index in [2.05, 4.69) is 15.3 Å². The average molecular weight is 394 g/mol. The number of aromatic nitrogens is 5. The fourth-order valence-electron chi connectivity index (χ4n) is 3.19. The Morgan fingerprint density at radius 2 is 1.79 bits per heavy atom. The molecule has 148 valence electrons. The van der Waals surface area contributed by atoms with Crippen molar-refractivity contribution in [3.8, 4) is 0 Å². The third-order valence-electron chi connectivity index (χ3n) is 4.78. The zero-order chi connectivity index (χ0) is 20.5. The van der Waals surface area contributed by atoms with Gasteiger partial charge in [0.25, 0.3) is 5.56 Å². The van der Waals surface area contributed by atoms with Crippen LogP contribution in [-0.4, -0.2) is 23.7 Å². The molecule has 8 nitrogen and oxygen atoms in total. The van der Waals surface area contributed by atoms with E-state index < -0.39 is 11.2 Å². The van der Waals surface area contributed by atoms with Crippen LogP contribution in [0, 0.1) is 5.82 Å². The number of hydrogen-bond donors (Lipinski definition) is 1. The van der Waals surface area contributed by atoms with E-state index in [9.17, 15) is 14.0 Å². The maximum Gasteiger partial charge on any atom is 0.332 e. The Balaban J connectivity index is 1.85. The summed E-state index contributed by atoms with van der Waals surface area (Å²) in [4.78, 5) is 33.7. The molecule has 29 heavy (non-hydrogen) atoms. The monoisotopic (exact) mass is 394 g/mol. The van der Waals surface area contributed by atoms with Crippen LogP contribution in [-0.2, 0) is 27.2 Å². The van der Waals surface area contributed by atoms with Gasteiger partial charge in [-0.25, -0.2) is 9.18 Å². The predicted molar refractivity (Wildman–Crippen MR) is 107 cm³/mol. The topological polar surface area (TPSA) is 86.7 Å². The first-order chi connectivity index (χ1) is 14.0. The van der Waals surface area contributed by atoms with Crippen molar-refractivity contribution in [1.82, 2.24) is 23.7 Å². The molecule has 3 heterocycles. The number of nitrogens with one attached hydrogen (secondary N) is 1. The number of imidazole rings is 1. The van der Waals surface area contributed by atoms with Crippen LogP contribution >= 0.6 is 0 Å². The number of aryl methyl sites for hydroxylation is 1. The van der Waals surface area contributed by atoms with Crippen LogP contribution < -0.4 is 16.6 Å². The highest BCUT2D eigenvalue weighted by molar-refractivity contribution is 5.74. The molecule has 4 aromatic rings. The second kappa shape index (κ2) is 7.34. The van der Waals surface area contributed by atoms with Gasteiger partial charge in [-0.1, -0.05) is 18.2 Å². The minimum absolute atomic E-state index is 0.286. The van der Waals surface area contributed by atoms with Crippen LogP contribution in [0.3, 0.4) is 0 Å². The molecule has 0 aliphatic carbocycles. The normalized spacial score (nSPS) is 11.1. The Bertz CT molecular complexity index is 1290. The second-order valence-electron chi connectivity index (χ2n) is 6.74. The van der Waals surface area contributed by atoms with E-state index in [-0.39, 0.29) is 11.5 Å². The van der Waals surface area contributed by atoms with Crippen molar-refractivity contribution in [3.63, 3.8) is 0 Å². The Hall–Kier alpha value is -3.75. The van der Waals surface area contributed by atoms with Gasteiger partial charge in [0.05, 0.1) is 6.54 Å². The van der Waals surface area contributed by atoms with Gasteiger partial charge in [-0.3, -0.25) is 23.5 Å². The van der Waals surface area contributed by atoms with E-state index in [1.54, 1.807) is 36.1 Å². The average Bonchev–Trinajstić information content (AvgIpc) is 3.10. The van der Waals surface area contributed by atoms with Gasteiger partial charge in [-0.05, 0) is 29.3 Å². The van der Waals surface area contributed by atoms with E-state index in [0.717, 1.165) is 15.7 Å². The maximum atomic E-state index is 13.3. The van der Waals surface area contributed by atoms with Crippen LogP contribution in [0.1, 0.15) is 11.1 Å². The summed E-state index contributed by atoms with van der Waals surface area (Å²) in [6.45, 7) is 0.731. The first-order valence-electron chi connectivity index (χ1n) is 8.99. The van der Waals surface area contributed by atoms with Crippen LogP contribution in [0.25, 0.3) is 11.2 Å². The highest BCUT2D eigenvalue weighted by Gasteiger charge is 2.19. The van der Waals surface area contributed by atoms with E-state index in [1.807, 2.05) is 12.1 Å². The van der Waals surface area contributed by atoms with E-state index in [1.165, 1.54) is 23.7 Å². The van der Waals surface area contributed by atoms with E-state index in [4.69, 9.17) is 0 Å². The Labute approximate surface area is 164 Å². The summed E-state index contributed by atoms with van der Waals surface area (Å²) in [6, 6.07) is 9.78. The van der Waals surface area contributed by atoms with Gasteiger partial charge in [-0.2, -0.15) is 4.98 Å². The first-order valence-corrected chi connectivity index (χ1v) is 8.99. The molecule has 9 heteroatoms. The number of fused-ring (bicyclic) bond motifs is 1. The van der Waals surface area contributed by atoms with Gasteiger partial charge in [-0.15, -0.1) is 0 Å². The second-order valence-corrected chi connectivity index (χ2v) is 6.74. The molecular formula is C20H19FN6O2. The fraction of sp³-hybridized carbons (Fsp3) is 0.200. The molecule has 0 bridgehead atoms. The van der Waals surface area contributed by atoms with Crippen molar-refractivity contribution in [2.45, 2.75) is 13.1 Å². The number of benzene rings is 1. The van der Waals surface area contributed by atoms with Crippen LogP contribution in [0.4, 0.5) is 10.3 Å². The van der Waals surface area contributed by atoms with Crippen molar-refractivity contribution in [2.24, 2.45) is 14.1 Å². The maximum absolute atomic E-state index is 13.3. The van der Waals surface area contributed by atoms with Crippen LogP contribution in [0.5, 0.6) is 0 Å². The Morgan fingerprint density at radius 3 is 2.48 bits per heavy atom. The molecule has 0 fully saturated rings. The molecule has 0 unspecified atom stereocenters. The lowest BCUT2D eigenvalue weighted by atomic mass is 10.2. The summed E-state index contributed by atoms with van der Waals surface area (Å²) in [6.07, 6.45) is 3.42. The molecule has 0 aliphatic heterocycles. The largest absolute Gasteiger partial charge is 0.351 e. The molecule has 0 spiro atoms. The molecule has 0 saturated carbocycles. The molecule has 1 N–H and O–H groups in total. The molecule has 0 aliphatic rings. The fourth-order valence-corrected chi connectivity index (χ4v) is 3.19. The van der Waals surface area contributed by atoms with Crippen molar-refractivity contribution >= 4 is 17.1 Å². The summed E-state index contributed by atoms with van der Waals surface area (Å²) in [7, 11) is 3.01. The summed E-state index contributed by atoms with van der Waals surface area (Å²) in [5.74, 6) is 0.101. The minimum atomic E-state index is -0.451. The molecular weight excluding hydrogens is 375 g/mol. The smallest absolute Gasteiger partial charge is 0.332 e. The minimum Gasteiger partial charge on any atom is -0.351 e. The lowest BCUT2D eigenvalue weighted by Crippen LogP contribution is -2.37. The summed E-state index contributed by atoms with van der Waals surface area (Å²) in [5.41, 5.74) is 1.43. The molecule has 0 atom stereocenters. The number of rotatable bonds is 5. The number of nitrogens with zero attached hydrogens (tertiary/aromatic N) is 5. The van der Waals surface area contributed by atoms with Crippen molar-refractivity contribution < 1.29 is 4.39 Å². The molecule has 1 aromatic carbocycles. The van der Waals surface area contributed by atoms with Crippen LogP contribution in [0.2, 0.25) is 0 Å². The van der Waals surface area contributed by atoms with Gasteiger partial charge in [0.1, 0.15) is 5.82 Å². The lowest BCUT2D eigenvalue weighted by molar-refractivity contribution is 0.626. The summed E-state index contributed by atoms with van der Waals surface area (Å²) < 4.78 is 17.4. The summed E-state index contributed by atoms with van der Waals surface area (Å²) >= 11 is 0. The highest BCUT2D eigenvalue weighted by Crippen LogP contribution is 2.19. The predicted octanol–water partition coefficient (Wildman–Crippen LogP) is 1.63. The van der Waals surface area contributed by atoms with Crippen molar-refractivity contribution in [2.75, 3.05) is 5.32 Å². The van der Waals surface area contributed by atoms with Crippen molar-refractivity contribution in [1.29, 1.82) is 0 Å². The first kappa shape index (κ1) is 18.6. The van der Waals surface area contributed by atoms with E-state index in [0.29, 0.717) is 24.6 Å². The standard InChI is InChI=1S/C20H19FN6O2/c1-25-17-16(18(28)26(2)20(25)29)27(12-13-5-7-15(21)8-6-13)19(24-17)23-11-14-4-3-9-22-10-14/h3-10H,11-12H2,1-2H3,(H,23,24). The highest BCUT2D eigenvalue weighted by atomic mass is 19.1.